The minimum Gasteiger partial charge on any atom is -0.496 e. The van der Waals surface area contributed by atoms with E-state index in [1.165, 1.54) is 19.2 Å². The number of hydrogen-bond acceptors (Lipinski definition) is 7. The van der Waals surface area contributed by atoms with Crippen molar-refractivity contribution in [2.45, 2.75) is 38.8 Å². The second-order valence-corrected chi connectivity index (χ2v) is 7.34. The highest BCUT2D eigenvalue weighted by atomic mass is 16.6. The molecule has 2 aliphatic heterocycles. The summed E-state index contributed by atoms with van der Waals surface area (Å²) >= 11 is 0. The van der Waals surface area contributed by atoms with Crippen molar-refractivity contribution in [3.05, 3.63) is 61.3 Å². The third kappa shape index (κ3) is 4.04. The fourth-order valence-corrected chi connectivity index (χ4v) is 3.86. The van der Waals surface area contributed by atoms with Gasteiger partial charge in [0.25, 0.3) is 11.2 Å². The van der Waals surface area contributed by atoms with Crippen LogP contribution < -0.4 is 10.3 Å². The van der Waals surface area contributed by atoms with Crippen molar-refractivity contribution < 1.29 is 9.66 Å². The van der Waals surface area contributed by atoms with Crippen molar-refractivity contribution in [3.8, 4) is 5.75 Å². The van der Waals surface area contributed by atoms with Crippen LogP contribution in [0, 0.1) is 10.1 Å². The topological polar surface area (TPSA) is 114 Å². The first kappa shape index (κ1) is 19.3. The summed E-state index contributed by atoms with van der Waals surface area (Å²) < 4.78 is 5.33. The minimum absolute atomic E-state index is 0.00612. The molecule has 0 aliphatic carbocycles. The van der Waals surface area contributed by atoms with Crippen LogP contribution in [0.1, 0.15) is 41.9 Å². The van der Waals surface area contributed by atoms with Crippen LogP contribution >= 0.6 is 0 Å². The molecular weight excluding hydrogens is 374 g/mol. The van der Waals surface area contributed by atoms with Gasteiger partial charge in [-0.05, 0) is 25.3 Å². The van der Waals surface area contributed by atoms with Crippen molar-refractivity contribution in [3.63, 3.8) is 0 Å². The van der Waals surface area contributed by atoms with Crippen LogP contribution in [-0.2, 0) is 19.5 Å². The molecule has 0 radical (unpaired) electrons. The van der Waals surface area contributed by atoms with E-state index in [0.717, 1.165) is 49.3 Å². The van der Waals surface area contributed by atoms with Crippen molar-refractivity contribution in [2.24, 2.45) is 4.99 Å². The largest absolute Gasteiger partial charge is 0.496 e. The maximum absolute atomic E-state index is 12.7. The Morgan fingerprint density at radius 2 is 2.17 bits per heavy atom. The Balaban J connectivity index is 1.54. The molecule has 9 heteroatoms. The van der Waals surface area contributed by atoms with Gasteiger partial charge in [-0.2, -0.15) is 0 Å². The average Bonchev–Trinajstić information content (AvgIpc) is 2.74. The van der Waals surface area contributed by atoms with Crippen molar-refractivity contribution in [1.29, 1.82) is 0 Å². The van der Waals surface area contributed by atoms with Crippen LogP contribution in [0.15, 0.2) is 28.0 Å². The smallest absolute Gasteiger partial charge is 0.273 e. The maximum Gasteiger partial charge on any atom is 0.273 e. The van der Waals surface area contributed by atoms with Crippen LogP contribution in [0.3, 0.4) is 0 Å². The van der Waals surface area contributed by atoms with Gasteiger partial charge in [0.2, 0.25) is 0 Å². The predicted octanol–water partition coefficient (Wildman–Crippen LogP) is 2.22. The molecule has 0 saturated carbocycles. The number of benzene rings is 1. The highest BCUT2D eigenvalue weighted by Crippen LogP contribution is 2.27. The van der Waals surface area contributed by atoms with Crippen LogP contribution in [0.2, 0.25) is 0 Å². The molecular formula is C20H23N5O4. The SMILES string of the molecule is COc1cc([N+](=O)[O-])ccc1CN1CCc2nc(C3=NCCCC3)[nH]c(=O)c2C1. The zero-order valence-corrected chi connectivity index (χ0v) is 16.3. The molecule has 0 spiro atoms. The molecule has 1 N–H and O–H groups in total. The number of H-pyrrole nitrogens is 1. The molecule has 0 atom stereocenters. The lowest BCUT2D eigenvalue weighted by atomic mass is 10.0. The summed E-state index contributed by atoms with van der Waals surface area (Å²) in [6.07, 6.45) is 3.69. The number of aromatic nitrogens is 2. The molecule has 29 heavy (non-hydrogen) atoms. The van der Waals surface area contributed by atoms with Crippen molar-refractivity contribution in [2.75, 3.05) is 20.2 Å². The van der Waals surface area contributed by atoms with Gasteiger partial charge in [0.05, 0.1) is 35.1 Å². The van der Waals surface area contributed by atoms with Crippen LogP contribution in [0.5, 0.6) is 5.75 Å². The molecule has 0 bridgehead atoms. The van der Waals surface area contributed by atoms with Crippen molar-refractivity contribution >= 4 is 11.4 Å². The van der Waals surface area contributed by atoms with Gasteiger partial charge in [0, 0.05) is 44.2 Å². The van der Waals surface area contributed by atoms with Gasteiger partial charge in [-0.1, -0.05) is 0 Å². The van der Waals surface area contributed by atoms with Gasteiger partial charge in [-0.15, -0.1) is 0 Å². The van der Waals surface area contributed by atoms with Crippen molar-refractivity contribution in [1.82, 2.24) is 14.9 Å². The fraction of sp³-hybridized carbons (Fsp3) is 0.450. The number of nitro groups is 1. The third-order valence-electron chi connectivity index (χ3n) is 5.42. The summed E-state index contributed by atoms with van der Waals surface area (Å²) in [6.45, 7) is 2.55. The van der Waals surface area contributed by atoms with E-state index in [2.05, 4.69) is 14.9 Å². The molecule has 3 heterocycles. The van der Waals surface area contributed by atoms with E-state index in [-0.39, 0.29) is 11.2 Å². The normalized spacial score (nSPS) is 16.8. The van der Waals surface area contributed by atoms with Gasteiger partial charge in [-0.3, -0.25) is 24.8 Å². The summed E-state index contributed by atoms with van der Waals surface area (Å²) in [5, 5.41) is 11.0. The fourth-order valence-electron chi connectivity index (χ4n) is 3.86. The number of nitrogens with one attached hydrogen (secondary N) is 1. The van der Waals surface area contributed by atoms with E-state index < -0.39 is 4.92 Å². The quantitative estimate of drug-likeness (QED) is 0.611. The van der Waals surface area contributed by atoms with E-state index in [4.69, 9.17) is 9.72 Å². The van der Waals surface area contributed by atoms with Crippen LogP contribution in [0.25, 0.3) is 0 Å². The van der Waals surface area contributed by atoms with Gasteiger partial charge < -0.3 is 9.72 Å². The molecule has 0 amide bonds. The number of aromatic amines is 1. The number of ether oxygens (including phenoxy) is 1. The Hall–Kier alpha value is -3.07. The lowest BCUT2D eigenvalue weighted by Crippen LogP contribution is -2.36. The summed E-state index contributed by atoms with van der Waals surface area (Å²) in [7, 11) is 1.50. The molecule has 1 aromatic heterocycles. The lowest BCUT2D eigenvalue weighted by Gasteiger charge is -2.28. The lowest BCUT2D eigenvalue weighted by molar-refractivity contribution is -0.384. The Kier molecular flexibility index (Phi) is 5.39. The highest BCUT2D eigenvalue weighted by molar-refractivity contribution is 5.97. The molecule has 0 unspecified atom stereocenters. The molecule has 0 saturated heterocycles. The van der Waals surface area contributed by atoms with Gasteiger partial charge in [0.15, 0.2) is 5.82 Å². The first-order chi connectivity index (χ1) is 14.0. The van der Waals surface area contributed by atoms with Gasteiger partial charge >= 0.3 is 0 Å². The number of nitrogens with zero attached hydrogens (tertiary/aromatic N) is 4. The number of fused-ring (bicyclic) bond motifs is 1. The average molecular weight is 397 g/mol. The second kappa shape index (κ2) is 8.12. The number of non-ortho nitro benzene ring substituents is 1. The molecule has 2 aliphatic rings. The van der Waals surface area contributed by atoms with Gasteiger partial charge in [-0.25, -0.2) is 4.98 Å². The van der Waals surface area contributed by atoms with E-state index in [1.807, 2.05) is 0 Å². The monoisotopic (exact) mass is 397 g/mol. The predicted molar refractivity (Wildman–Crippen MR) is 108 cm³/mol. The highest BCUT2D eigenvalue weighted by Gasteiger charge is 2.24. The zero-order chi connectivity index (χ0) is 20.4. The summed E-state index contributed by atoms with van der Waals surface area (Å²) in [4.78, 5) is 37.5. The number of aliphatic imine (C=N–C) groups is 1. The van der Waals surface area contributed by atoms with E-state index in [1.54, 1.807) is 6.07 Å². The Morgan fingerprint density at radius 3 is 2.90 bits per heavy atom. The first-order valence-electron chi connectivity index (χ1n) is 9.74. The van der Waals surface area contributed by atoms with E-state index in [9.17, 15) is 14.9 Å². The molecule has 152 valence electrons. The van der Waals surface area contributed by atoms with Gasteiger partial charge in [0.1, 0.15) is 5.75 Å². The summed E-state index contributed by atoms with van der Waals surface area (Å²) in [5.74, 6) is 1.08. The van der Waals surface area contributed by atoms with Crippen LogP contribution in [0.4, 0.5) is 5.69 Å². The first-order valence-corrected chi connectivity index (χ1v) is 9.74. The summed E-state index contributed by atoms with van der Waals surface area (Å²) in [5.41, 5.74) is 3.14. The number of methoxy groups -OCH3 is 1. The maximum atomic E-state index is 12.7. The molecule has 9 nitrogen and oxygen atoms in total. The minimum atomic E-state index is -0.442. The Morgan fingerprint density at radius 1 is 1.31 bits per heavy atom. The molecule has 1 aromatic carbocycles. The summed E-state index contributed by atoms with van der Waals surface area (Å²) in [6, 6.07) is 4.61. The number of nitro benzene ring substituents is 1. The molecule has 0 fully saturated rings. The standard InChI is InChI=1S/C20H23N5O4/c1-29-18-10-14(25(27)28)6-5-13(18)11-24-9-7-16-15(12-24)20(26)23-19(22-16)17-4-2-3-8-21-17/h5-6,10H,2-4,7-9,11-12H2,1H3,(H,22,23,26). The second-order valence-electron chi connectivity index (χ2n) is 7.34. The third-order valence-corrected chi connectivity index (χ3v) is 5.42. The van der Waals surface area contributed by atoms with E-state index in [0.29, 0.717) is 36.6 Å². The zero-order valence-electron chi connectivity index (χ0n) is 16.3. The number of rotatable bonds is 5. The molecule has 4 rings (SSSR count). The Labute approximate surface area is 167 Å². The van der Waals surface area contributed by atoms with Crippen LogP contribution in [-0.4, -0.2) is 45.7 Å². The van der Waals surface area contributed by atoms with E-state index >= 15 is 0 Å². The molecule has 2 aromatic rings. The Bertz CT molecular complexity index is 1030. The number of hydrogen-bond donors (Lipinski definition) is 1.